The van der Waals surface area contributed by atoms with Crippen molar-refractivity contribution in [1.29, 1.82) is 0 Å². The largest absolute Gasteiger partial charge is 0.466 e. The van der Waals surface area contributed by atoms with E-state index in [0.29, 0.717) is 11.6 Å². The fourth-order valence-corrected chi connectivity index (χ4v) is 1.75. The molecular weight excluding hydrogens is 242 g/mol. The molecule has 0 unspecified atom stereocenters. The summed E-state index contributed by atoms with van der Waals surface area (Å²) in [5.74, 6) is -0.750. The summed E-state index contributed by atoms with van der Waals surface area (Å²) in [5.41, 5.74) is 0.272. The summed E-state index contributed by atoms with van der Waals surface area (Å²) < 4.78 is 9.29. The maximum Gasteiger partial charge on any atom is 0.357 e. The Balaban J connectivity index is 2.51. The molecule has 0 saturated heterocycles. The van der Waals surface area contributed by atoms with E-state index in [9.17, 15) is 9.59 Å². The van der Waals surface area contributed by atoms with Crippen molar-refractivity contribution in [2.75, 3.05) is 13.7 Å². The smallest absolute Gasteiger partial charge is 0.357 e. The summed E-state index contributed by atoms with van der Waals surface area (Å²) >= 11 is 1.31. The number of methoxy groups -OCH3 is 1. The van der Waals surface area contributed by atoms with Crippen molar-refractivity contribution >= 4 is 29.4 Å². The van der Waals surface area contributed by atoms with Gasteiger partial charge in [-0.1, -0.05) is 6.08 Å². The summed E-state index contributed by atoms with van der Waals surface area (Å²) in [6, 6.07) is 0. The van der Waals surface area contributed by atoms with Gasteiger partial charge < -0.3 is 9.47 Å². The summed E-state index contributed by atoms with van der Waals surface area (Å²) in [4.78, 5) is 26.2. The number of aromatic nitrogens is 1. The lowest BCUT2D eigenvalue weighted by molar-refractivity contribution is -0.142. The highest BCUT2D eigenvalue weighted by Gasteiger charge is 2.08. The molecule has 17 heavy (non-hydrogen) atoms. The molecule has 0 radical (unpaired) electrons. The van der Waals surface area contributed by atoms with Crippen molar-refractivity contribution in [3.8, 4) is 0 Å². The molecule has 0 saturated carbocycles. The minimum Gasteiger partial charge on any atom is -0.466 e. The van der Waals surface area contributed by atoms with Crippen LogP contribution in [0, 0.1) is 0 Å². The van der Waals surface area contributed by atoms with Crippen LogP contribution in [0.2, 0.25) is 0 Å². The average molecular weight is 255 g/mol. The maximum absolute atomic E-state index is 11.1. The van der Waals surface area contributed by atoms with E-state index in [2.05, 4.69) is 9.72 Å². The standard InChI is InChI=1S/C11H13NO4S/c1-3-16-10(13)6-4-5-9-12-8(7-17-9)11(14)15-2/h4-5,7H,3,6H2,1-2H3. The van der Waals surface area contributed by atoms with Crippen LogP contribution in [0.5, 0.6) is 0 Å². The Morgan fingerprint density at radius 3 is 2.94 bits per heavy atom. The molecule has 0 amide bonds. The Labute approximate surface area is 103 Å². The molecule has 5 nitrogen and oxygen atoms in total. The van der Waals surface area contributed by atoms with E-state index in [1.807, 2.05) is 0 Å². The van der Waals surface area contributed by atoms with Gasteiger partial charge in [0.15, 0.2) is 5.69 Å². The molecule has 0 fully saturated rings. The molecular formula is C11H13NO4S. The fourth-order valence-electron chi connectivity index (χ4n) is 1.04. The highest BCUT2D eigenvalue weighted by molar-refractivity contribution is 7.10. The molecule has 0 atom stereocenters. The first kappa shape index (κ1) is 13.4. The van der Waals surface area contributed by atoms with Gasteiger partial charge in [0.05, 0.1) is 20.1 Å². The number of esters is 2. The van der Waals surface area contributed by atoms with Gasteiger partial charge in [-0.15, -0.1) is 11.3 Å². The van der Waals surface area contributed by atoms with E-state index in [1.54, 1.807) is 24.5 Å². The third-order valence-electron chi connectivity index (χ3n) is 1.77. The van der Waals surface area contributed by atoms with Gasteiger partial charge in [0.2, 0.25) is 0 Å². The zero-order valence-corrected chi connectivity index (χ0v) is 10.5. The SMILES string of the molecule is CCOC(=O)CC=Cc1nc(C(=O)OC)cs1. The summed E-state index contributed by atoms with van der Waals surface area (Å²) in [6.07, 6.45) is 3.52. The highest BCUT2D eigenvalue weighted by atomic mass is 32.1. The third-order valence-corrected chi connectivity index (χ3v) is 2.58. The number of carbonyl (C=O) groups excluding carboxylic acids is 2. The third kappa shape index (κ3) is 4.36. The van der Waals surface area contributed by atoms with Crippen LogP contribution in [0.4, 0.5) is 0 Å². The number of thiazole rings is 1. The first-order chi connectivity index (χ1) is 8.17. The Morgan fingerprint density at radius 1 is 1.53 bits per heavy atom. The van der Waals surface area contributed by atoms with Gasteiger partial charge >= 0.3 is 11.9 Å². The Kier molecular flexibility index (Phi) is 5.35. The van der Waals surface area contributed by atoms with Crippen molar-refractivity contribution in [3.05, 3.63) is 22.2 Å². The second-order valence-electron chi connectivity index (χ2n) is 2.97. The lowest BCUT2D eigenvalue weighted by Crippen LogP contribution is -2.01. The van der Waals surface area contributed by atoms with Crippen molar-refractivity contribution < 1.29 is 19.1 Å². The molecule has 92 valence electrons. The summed E-state index contributed by atoms with van der Waals surface area (Å²) in [5, 5.41) is 2.25. The number of hydrogen-bond donors (Lipinski definition) is 0. The van der Waals surface area contributed by atoms with E-state index < -0.39 is 5.97 Å². The Hall–Kier alpha value is -1.69. The molecule has 0 bridgehead atoms. The average Bonchev–Trinajstić information content (AvgIpc) is 2.77. The van der Waals surface area contributed by atoms with Gasteiger partial charge in [-0.05, 0) is 13.0 Å². The summed E-state index contributed by atoms with van der Waals surface area (Å²) in [7, 11) is 1.30. The quantitative estimate of drug-likeness (QED) is 0.752. The van der Waals surface area contributed by atoms with Gasteiger partial charge in [0.1, 0.15) is 5.01 Å². The topological polar surface area (TPSA) is 65.5 Å². The van der Waals surface area contributed by atoms with E-state index >= 15 is 0 Å². The highest BCUT2D eigenvalue weighted by Crippen LogP contribution is 2.12. The Bertz CT molecular complexity index is 425. The second kappa shape index (κ2) is 6.80. The normalized spacial score (nSPS) is 10.5. The van der Waals surface area contributed by atoms with E-state index in [-0.39, 0.29) is 18.1 Å². The van der Waals surface area contributed by atoms with Crippen molar-refractivity contribution in [2.45, 2.75) is 13.3 Å². The number of nitrogens with zero attached hydrogens (tertiary/aromatic N) is 1. The molecule has 0 aromatic carbocycles. The van der Waals surface area contributed by atoms with E-state index in [1.165, 1.54) is 18.4 Å². The molecule has 1 rings (SSSR count). The number of rotatable bonds is 5. The van der Waals surface area contributed by atoms with Crippen LogP contribution in [-0.4, -0.2) is 30.6 Å². The van der Waals surface area contributed by atoms with E-state index in [0.717, 1.165) is 0 Å². The predicted octanol–water partition coefficient (Wildman–Crippen LogP) is 1.90. The van der Waals surface area contributed by atoms with Gasteiger partial charge in [0, 0.05) is 5.38 Å². The summed E-state index contributed by atoms with van der Waals surface area (Å²) in [6.45, 7) is 2.13. The van der Waals surface area contributed by atoms with Crippen LogP contribution in [0.15, 0.2) is 11.5 Å². The molecule has 1 heterocycles. The minimum atomic E-state index is -0.466. The van der Waals surface area contributed by atoms with Crippen LogP contribution in [0.25, 0.3) is 6.08 Å². The molecule has 0 aliphatic carbocycles. The lowest BCUT2D eigenvalue weighted by atomic mass is 10.4. The maximum atomic E-state index is 11.1. The van der Waals surface area contributed by atoms with E-state index in [4.69, 9.17) is 4.74 Å². The number of carbonyl (C=O) groups is 2. The number of ether oxygens (including phenoxy) is 2. The predicted molar refractivity (Wildman–Crippen MR) is 63.7 cm³/mol. The van der Waals surface area contributed by atoms with Crippen molar-refractivity contribution in [3.63, 3.8) is 0 Å². The van der Waals surface area contributed by atoms with Gasteiger partial charge in [-0.25, -0.2) is 9.78 Å². The van der Waals surface area contributed by atoms with Crippen LogP contribution in [-0.2, 0) is 14.3 Å². The fraction of sp³-hybridized carbons (Fsp3) is 0.364. The Morgan fingerprint density at radius 2 is 2.29 bits per heavy atom. The molecule has 0 N–H and O–H groups in total. The molecule has 6 heteroatoms. The zero-order valence-electron chi connectivity index (χ0n) is 9.63. The van der Waals surface area contributed by atoms with Crippen molar-refractivity contribution in [2.24, 2.45) is 0 Å². The van der Waals surface area contributed by atoms with Gasteiger partial charge in [-0.3, -0.25) is 4.79 Å². The zero-order chi connectivity index (χ0) is 12.7. The molecule has 0 aliphatic rings. The van der Waals surface area contributed by atoms with Crippen LogP contribution in [0.1, 0.15) is 28.8 Å². The minimum absolute atomic E-state index is 0.195. The number of hydrogen-bond acceptors (Lipinski definition) is 6. The first-order valence-corrected chi connectivity index (χ1v) is 5.91. The van der Waals surface area contributed by atoms with Crippen LogP contribution in [0.3, 0.4) is 0 Å². The van der Waals surface area contributed by atoms with Crippen LogP contribution < -0.4 is 0 Å². The lowest BCUT2D eigenvalue weighted by Gasteiger charge is -1.95. The second-order valence-corrected chi connectivity index (χ2v) is 3.86. The molecule has 0 spiro atoms. The van der Waals surface area contributed by atoms with Gasteiger partial charge in [-0.2, -0.15) is 0 Å². The van der Waals surface area contributed by atoms with Crippen molar-refractivity contribution in [1.82, 2.24) is 4.98 Å². The molecule has 1 aromatic rings. The first-order valence-electron chi connectivity index (χ1n) is 5.03. The molecule has 0 aliphatic heterocycles. The monoisotopic (exact) mass is 255 g/mol. The van der Waals surface area contributed by atoms with Gasteiger partial charge in [0.25, 0.3) is 0 Å². The molecule has 1 aromatic heterocycles. The van der Waals surface area contributed by atoms with Crippen LogP contribution >= 0.6 is 11.3 Å².